The third kappa shape index (κ3) is 5.61. The SMILES string of the molecule is C=C[C@H]([C@H](C)/C=C(\O)c1ccccc1)S(=O)(=NS(=O)(=O)c1ccc(C)cc1)c1ccccc1. The van der Waals surface area contributed by atoms with E-state index in [1.807, 2.05) is 13.0 Å². The van der Waals surface area contributed by atoms with Crippen molar-refractivity contribution in [2.24, 2.45) is 9.69 Å². The van der Waals surface area contributed by atoms with Gasteiger partial charge in [-0.1, -0.05) is 79.2 Å². The van der Waals surface area contributed by atoms with Crippen LogP contribution in [0.3, 0.4) is 0 Å². The van der Waals surface area contributed by atoms with Crippen LogP contribution in [0.15, 0.2) is 117 Å². The Morgan fingerprint density at radius 3 is 1.97 bits per heavy atom. The second-order valence-corrected chi connectivity index (χ2v) is 11.9. The number of rotatable bonds is 8. The molecule has 0 bridgehead atoms. The summed E-state index contributed by atoms with van der Waals surface area (Å²) in [5.74, 6) is -0.529. The molecule has 3 rings (SSSR count). The number of hydrogen-bond donors (Lipinski definition) is 1. The van der Waals surface area contributed by atoms with Crippen molar-refractivity contribution in [3.05, 3.63) is 115 Å². The van der Waals surface area contributed by atoms with E-state index in [-0.39, 0.29) is 15.6 Å². The first-order chi connectivity index (χ1) is 15.7. The van der Waals surface area contributed by atoms with Gasteiger partial charge in [0.05, 0.1) is 19.9 Å². The summed E-state index contributed by atoms with van der Waals surface area (Å²) in [6.45, 7) is 7.42. The van der Waals surface area contributed by atoms with Crippen molar-refractivity contribution in [3.8, 4) is 0 Å². The van der Waals surface area contributed by atoms with E-state index in [4.69, 9.17) is 0 Å². The minimum Gasteiger partial charge on any atom is -0.508 e. The molecule has 7 heteroatoms. The third-order valence-electron chi connectivity index (χ3n) is 5.22. The summed E-state index contributed by atoms with van der Waals surface area (Å²) in [6.07, 6.45) is 3.00. The van der Waals surface area contributed by atoms with Gasteiger partial charge in [0.2, 0.25) is 0 Å². The summed E-state index contributed by atoms with van der Waals surface area (Å²) in [7, 11) is -7.77. The maximum Gasteiger partial charge on any atom is 0.290 e. The van der Waals surface area contributed by atoms with Crippen molar-refractivity contribution in [3.63, 3.8) is 0 Å². The van der Waals surface area contributed by atoms with Gasteiger partial charge >= 0.3 is 0 Å². The highest BCUT2D eigenvalue weighted by Crippen LogP contribution is 2.30. The first-order valence-corrected chi connectivity index (χ1v) is 13.4. The Kier molecular flexibility index (Phi) is 7.56. The average molecular weight is 482 g/mol. The highest BCUT2D eigenvalue weighted by Gasteiger charge is 2.31. The van der Waals surface area contributed by atoms with E-state index in [2.05, 4.69) is 10.3 Å². The van der Waals surface area contributed by atoms with Crippen LogP contribution in [0, 0.1) is 12.8 Å². The standard InChI is InChI=1S/C26H27NO4S2/c1-4-26(21(3)19-25(28)22-11-7-5-8-12-22)32(29,23-13-9-6-10-14-23)27-33(30,31)24-17-15-20(2)16-18-24/h4-19,21,26,28H,1H2,2-3H3/b25-19-/t21-,26-,32?/m1/s1. The molecule has 0 radical (unpaired) electrons. The maximum absolute atomic E-state index is 14.4. The van der Waals surface area contributed by atoms with Crippen molar-refractivity contribution in [1.82, 2.24) is 0 Å². The minimum atomic E-state index is -4.23. The van der Waals surface area contributed by atoms with Crippen LogP contribution in [-0.4, -0.2) is 23.0 Å². The first-order valence-electron chi connectivity index (χ1n) is 10.4. The predicted molar refractivity (Wildman–Crippen MR) is 134 cm³/mol. The van der Waals surface area contributed by atoms with E-state index in [0.717, 1.165) is 5.56 Å². The van der Waals surface area contributed by atoms with Crippen molar-refractivity contribution in [1.29, 1.82) is 0 Å². The lowest BCUT2D eigenvalue weighted by molar-refractivity contribution is 0.504. The van der Waals surface area contributed by atoms with E-state index in [0.29, 0.717) is 5.56 Å². The highest BCUT2D eigenvalue weighted by molar-refractivity contribution is 8.03. The summed E-state index contributed by atoms with van der Waals surface area (Å²) in [5.41, 5.74) is 1.50. The topological polar surface area (TPSA) is 83.8 Å². The lowest BCUT2D eigenvalue weighted by Gasteiger charge is -2.23. The van der Waals surface area contributed by atoms with Crippen LogP contribution >= 0.6 is 0 Å². The molecular formula is C26H27NO4S2. The number of aliphatic hydroxyl groups is 1. The van der Waals surface area contributed by atoms with Crippen LogP contribution in [0.2, 0.25) is 0 Å². The molecule has 0 spiro atoms. The van der Waals surface area contributed by atoms with Crippen LogP contribution in [0.5, 0.6) is 0 Å². The number of aliphatic hydroxyl groups excluding tert-OH is 1. The van der Waals surface area contributed by atoms with Crippen LogP contribution < -0.4 is 0 Å². The van der Waals surface area contributed by atoms with Gasteiger partial charge in [-0.25, -0.2) is 4.21 Å². The lowest BCUT2D eigenvalue weighted by Crippen LogP contribution is -2.26. The van der Waals surface area contributed by atoms with Gasteiger partial charge in [0.25, 0.3) is 10.0 Å². The van der Waals surface area contributed by atoms with Gasteiger partial charge in [0.15, 0.2) is 0 Å². The lowest BCUT2D eigenvalue weighted by atomic mass is 10.0. The molecule has 0 aliphatic carbocycles. The summed E-state index contributed by atoms with van der Waals surface area (Å²) >= 11 is 0. The molecule has 0 saturated heterocycles. The Morgan fingerprint density at radius 2 is 1.42 bits per heavy atom. The Labute approximate surface area is 196 Å². The fraction of sp³-hybridized carbons (Fsp3) is 0.154. The molecule has 172 valence electrons. The normalized spacial score (nSPS) is 15.8. The summed E-state index contributed by atoms with van der Waals surface area (Å²) in [4.78, 5) is 0.250. The van der Waals surface area contributed by atoms with Crippen molar-refractivity contribution < 1.29 is 17.7 Å². The molecule has 0 fully saturated rings. The Hall–Kier alpha value is -3.16. The predicted octanol–water partition coefficient (Wildman–Crippen LogP) is 6.00. The monoisotopic (exact) mass is 481 g/mol. The molecule has 0 amide bonds. The zero-order valence-electron chi connectivity index (χ0n) is 18.5. The molecule has 5 nitrogen and oxygen atoms in total. The maximum atomic E-state index is 14.4. The average Bonchev–Trinajstić information content (AvgIpc) is 2.80. The molecule has 3 aromatic rings. The number of benzene rings is 3. The number of sulfonamides is 1. The molecule has 0 aliphatic heterocycles. The minimum absolute atomic E-state index is 0.00570. The van der Waals surface area contributed by atoms with E-state index in [9.17, 15) is 17.7 Å². The fourth-order valence-corrected chi connectivity index (χ4v) is 7.96. The van der Waals surface area contributed by atoms with Crippen molar-refractivity contribution in [2.75, 3.05) is 0 Å². The van der Waals surface area contributed by atoms with E-state index < -0.39 is 30.9 Å². The van der Waals surface area contributed by atoms with Crippen molar-refractivity contribution >= 4 is 25.5 Å². The van der Waals surface area contributed by atoms with Crippen LogP contribution in [-0.2, 0) is 19.8 Å². The van der Waals surface area contributed by atoms with Gasteiger partial charge in [-0.15, -0.1) is 10.3 Å². The summed E-state index contributed by atoms with van der Waals surface area (Å²) in [6, 6.07) is 23.5. The number of allylic oxidation sites excluding steroid dienone is 1. The molecular weight excluding hydrogens is 454 g/mol. The number of nitrogens with zero attached hydrogens (tertiary/aromatic N) is 1. The number of hydrogen-bond acceptors (Lipinski definition) is 4. The Morgan fingerprint density at radius 1 is 0.879 bits per heavy atom. The van der Waals surface area contributed by atoms with Gasteiger partial charge in [-0.3, -0.25) is 0 Å². The van der Waals surface area contributed by atoms with Gasteiger partial charge < -0.3 is 5.11 Å². The Bertz CT molecular complexity index is 1350. The summed E-state index contributed by atoms with van der Waals surface area (Å²) in [5, 5.41) is 9.71. The van der Waals surface area contributed by atoms with E-state index >= 15 is 0 Å². The van der Waals surface area contributed by atoms with Crippen LogP contribution in [0.1, 0.15) is 18.1 Å². The molecule has 33 heavy (non-hydrogen) atoms. The number of aryl methyl sites for hydroxylation is 1. The largest absolute Gasteiger partial charge is 0.508 e. The molecule has 0 saturated carbocycles. The van der Waals surface area contributed by atoms with Gasteiger partial charge in [-0.2, -0.15) is 8.42 Å². The smallest absolute Gasteiger partial charge is 0.290 e. The second-order valence-electron chi connectivity index (χ2n) is 7.72. The molecule has 3 atom stereocenters. The molecule has 1 N–H and O–H groups in total. The summed E-state index contributed by atoms with van der Waals surface area (Å²) < 4.78 is 44.8. The van der Waals surface area contributed by atoms with Crippen molar-refractivity contribution in [2.45, 2.75) is 28.9 Å². The van der Waals surface area contributed by atoms with Gasteiger partial charge in [0.1, 0.15) is 5.76 Å². The van der Waals surface area contributed by atoms with Crippen LogP contribution in [0.25, 0.3) is 5.76 Å². The zero-order chi connectivity index (χ0) is 24.1. The molecule has 0 aromatic heterocycles. The molecule has 1 unspecified atom stereocenters. The molecule has 0 aliphatic rings. The fourth-order valence-electron chi connectivity index (χ4n) is 3.45. The third-order valence-corrected chi connectivity index (χ3v) is 10.1. The molecule has 3 aromatic carbocycles. The zero-order valence-corrected chi connectivity index (χ0v) is 20.2. The van der Waals surface area contributed by atoms with Gasteiger partial charge in [0, 0.05) is 10.5 Å². The molecule has 0 heterocycles. The van der Waals surface area contributed by atoms with E-state index in [1.54, 1.807) is 79.7 Å². The van der Waals surface area contributed by atoms with Gasteiger partial charge in [-0.05, 0) is 43.2 Å². The second kappa shape index (κ2) is 10.2. The quantitative estimate of drug-likeness (QED) is 0.316. The first kappa shape index (κ1) is 24.5. The van der Waals surface area contributed by atoms with Crippen LogP contribution in [0.4, 0.5) is 0 Å². The highest BCUT2D eigenvalue weighted by atomic mass is 32.3. The Balaban J connectivity index is 2.17. The van der Waals surface area contributed by atoms with E-state index in [1.165, 1.54) is 18.2 Å².